The van der Waals surface area contributed by atoms with Crippen LogP contribution in [0.1, 0.15) is 0 Å². The first-order valence-electron chi connectivity index (χ1n) is 4.61. The molecule has 2 rings (SSSR count). The van der Waals surface area contributed by atoms with Crippen LogP contribution in [0.4, 0.5) is 0 Å². The van der Waals surface area contributed by atoms with Crippen molar-refractivity contribution in [2.24, 2.45) is 0 Å². The highest BCUT2D eigenvalue weighted by molar-refractivity contribution is 9.10. The van der Waals surface area contributed by atoms with E-state index in [9.17, 15) is 9.90 Å². The monoisotopic (exact) mass is 297 g/mol. The highest BCUT2D eigenvalue weighted by Crippen LogP contribution is 2.21. The Balaban J connectivity index is 2.49. The molecule has 0 atom stereocenters. The minimum Gasteiger partial charge on any atom is -0.492 e. The van der Waals surface area contributed by atoms with Crippen molar-refractivity contribution in [2.45, 2.75) is 0 Å². The molecule has 0 bridgehead atoms. The van der Waals surface area contributed by atoms with Crippen LogP contribution in [0, 0.1) is 0 Å². The fourth-order valence-electron chi connectivity index (χ4n) is 1.22. The van der Waals surface area contributed by atoms with Gasteiger partial charge >= 0.3 is 0 Å². The lowest BCUT2D eigenvalue weighted by Crippen LogP contribution is -2.09. The number of hydrogen-bond acceptors (Lipinski definition) is 5. The quantitative estimate of drug-likeness (QED) is 0.872. The largest absolute Gasteiger partial charge is 0.492 e. The molecule has 0 radical (unpaired) electrons. The Morgan fingerprint density at radius 1 is 1.47 bits per heavy atom. The summed E-state index contributed by atoms with van der Waals surface area (Å²) in [6, 6.07) is 3.31. The van der Waals surface area contributed by atoms with Crippen LogP contribution in [0.3, 0.4) is 0 Å². The second-order valence-electron chi connectivity index (χ2n) is 3.14. The molecule has 0 fully saturated rings. The number of methoxy groups -OCH3 is 1. The third-order valence-electron chi connectivity index (χ3n) is 2.06. The summed E-state index contributed by atoms with van der Waals surface area (Å²) in [5.41, 5.74) is 0.119. The standard InChI is InChI=1S/C10H8BrN3O3/c1-17-6-3-2-5(4-12-6)8-13-9(15)7(11)10(16)14-8/h2-4H,1H3,(H2,13,14,15,16). The van der Waals surface area contributed by atoms with E-state index in [-0.39, 0.29) is 16.2 Å². The van der Waals surface area contributed by atoms with Crippen LogP contribution < -0.4 is 10.3 Å². The number of nitrogens with zero attached hydrogens (tertiary/aromatic N) is 2. The highest BCUT2D eigenvalue weighted by Gasteiger charge is 2.09. The molecule has 0 unspecified atom stereocenters. The maximum Gasteiger partial charge on any atom is 0.269 e. The lowest BCUT2D eigenvalue weighted by molar-refractivity contribution is 0.398. The zero-order chi connectivity index (χ0) is 12.4. The van der Waals surface area contributed by atoms with E-state index in [1.165, 1.54) is 13.3 Å². The fraction of sp³-hybridized carbons (Fsp3) is 0.100. The molecular formula is C10H8BrN3O3. The number of halogens is 1. The number of hydrogen-bond donors (Lipinski definition) is 2. The first-order chi connectivity index (χ1) is 8.11. The molecule has 0 saturated carbocycles. The normalized spacial score (nSPS) is 10.2. The Bertz CT molecular complexity index is 595. The summed E-state index contributed by atoms with van der Waals surface area (Å²) in [5, 5.41) is 9.42. The Labute approximate surface area is 104 Å². The van der Waals surface area contributed by atoms with Crippen molar-refractivity contribution >= 4 is 15.9 Å². The van der Waals surface area contributed by atoms with Gasteiger partial charge in [-0.2, -0.15) is 4.98 Å². The van der Waals surface area contributed by atoms with Gasteiger partial charge in [0.1, 0.15) is 10.3 Å². The second-order valence-corrected chi connectivity index (χ2v) is 3.93. The van der Waals surface area contributed by atoms with Crippen LogP contribution in [0.15, 0.2) is 27.6 Å². The van der Waals surface area contributed by atoms with Crippen LogP contribution in [-0.4, -0.2) is 27.2 Å². The van der Waals surface area contributed by atoms with E-state index in [0.717, 1.165) is 0 Å². The SMILES string of the molecule is COc1ccc(-c2nc(O)c(Br)c(=O)[nH]2)cn1. The van der Waals surface area contributed by atoms with Gasteiger partial charge in [-0.3, -0.25) is 4.79 Å². The summed E-state index contributed by atoms with van der Waals surface area (Å²) >= 11 is 2.92. The zero-order valence-corrected chi connectivity index (χ0v) is 10.4. The van der Waals surface area contributed by atoms with Gasteiger partial charge in [-0.25, -0.2) is 4.98 Å². The number of nitrogens with one attached hydrogen (secondary N) is 1. The molecule has 0 aliphatic heterocycles. The second kappa shape index (κ2) is 4.54. The minimum absolute atomic E-state index is 0.00252. The Morgan fingerprint density at radius 3 is 2.76 bits per heavy atom. The van der Waals surface area contributed by atoms with Crippen LogP contribution in [-0.2, 0) is 0 Å². The molecule has 2 aromatic heterocycles. The number of pyridine rings is 1. The maximum atomic E-state index is 11.4. The van der Waals surface area contributed by atoms with Crippen LogP contribution >= 0.6 is 15.9 Å². The van der Waals surface area contributed by atoms with E-state index in [1.54, 1.807) is 12.1 Å². The lowest BCUT2D eigenvalue weighted by atomic mass is 10.2. The predicted octanol–water partition coefficient (Wildman–Crippen LogP) is 1.31. The van der Waals surface area contributed by atoms with Gasteiger partial charge < -0.3 is 14.8 Å². The number of rotatable bonds is 2. The van der Waals surface area contributed by atoms with Crippen molar-refractivity contribution in [1.82, 2.24) is 15.0 Å². The molecule has 88 valence electrons. The van der Waals surface area contributed by atoms with E-state index >= 15 is 0 Å². The van der Waals surface area contributed by atoms with Gasteiger partial charge in [0.15, 0.2) is 0 Å². The topological polar surface area (TPSA) is 88.1 Å². The average molecular weight is 298 g/mol. The van der Waals surface area contributed by atoms with Crippen LogP contribution in [0.2, 0.25) is 0 Å². The molecule has 2 N–H and O–H groups in total. The Kier molecular flexibility index (Phi) is 3.10. The van der Waals surface area contributed by atoms with Crippen LogP contribution in [0.25, 0.3) is 11.4 Å². The van der Waals surface area contributed by atoms with E-state index in [2.05, 4.69) is 30.9 Å². The molecule has 6 nitrogen and oxygen atoms in total. The molecule has 0 aliphatic carbocycles. The highest BCUT2D eigenvalue weighted by atomic mass is 79.9. The Morgan fingerprint density at radius 2 is 2.24 bits per heavy atom. The molecule has 0 amide bonds. The average Bonchev–Trinajstić information content (AvgIpc) is 2.35. The first-order valence-corrected chi connectivity index (χ1v) is 5.40. The van der Waals surface area contributed by atoms with Gasteiger partial charge in [0.2, 0.25) is 11.8 Å². The molecule has 0 aliphatic rings. The molecule has 7 heteroatoms. The van der Waals surface area contributed by atoms with Crippen molar-refractivity contribution in [2.75, 3.05) is 7.11 Å². The van der Waals surface area contributed by atoms with E-state index in [1.807, 2.05) is 0 Å². The third-order valence-corrected chi connectivity index (χ3v) is 2.78. The summed E-state index contributed by atoms with van der Waals surface area (Å²) in [7, 11) is 1.51. The molecule has 0 saturated heterocycles. The summed E-state index contributed by atoms with van der Waals surface area (Å²) < 4.78 is 4.91. The lowest BCUT2D eigenvalue weighted by Gasteiger charge is -2.03. The van der Waals surface area contributed by atoms with Crippen molar-refractivity contribution in [3.63, 3.8) is 0 Å². The number of aromatic nitrogens is 3. The predicted molar refractivity (Wildman–Crippen MR) is 64.0 cm³/mol. The summed E-state index contributed by atoms with van der Waals surface area (Å²) in [4.78, 5) is 21.7. The smallest absolute Gasteiger partial charge is 0.269 e. The molecule has 2 heterocycles. The van der Waals surface area contributed by atoms with Gasteiger partial charge in [-0.1, -0.05) is 0 Å². The zero-order valence-electron chi connectivity index (χ0n) is 8.77. The van der Waals surface area contributed by atoms with Crippen molar-refractivity contribution < 1.29 is 9.84 Å². The third kappa shape index (κ3) is 2.28. The fourth-order valence-corrected chi connectivity index (χ4v) is 1.41. The summed E-state index contributed by atoms with van der Waals surface area (Å²) in [6.07, 6.45) is 1.49. The number of aromatic amines is 1. The van der Waals surface area contributed by atoms with Crippen LogP contribution in [0.5, 0.6) is 11.8 Å². The van der Waals surface area contributed by atoms with Gasteiger partial charge in [-0.05, 0) is 22.0 Å². The minimum atomic E-state index is -0.455. The number of aromatic hydroxyl groups is 1. The van der Waals surface area contributed by atoms with E-state index in [4.69, 9.17) is 4.74 Å². The van der Waals surface area contributed by atoms with Crippen molar-refractivity contribution in [3.05, 3.63) is 33.2 Å². The summed E-state index contributed by atoms with van der Waals surface area (Å²) in [6.45, 7) is 0. The molecule has 0 aromatic carbocycles. The number of ether oxygens (including phenoxy) is 1. The maximum absolute atomic E-state index is 11.4. The first kappa shape index (κ1) is 11.6. The van der Waals surface area contributed by atoms with Gasteiger partial charge in [0.05, 0.1) is 7.11 Å². The van der Waals surface area contributed by atoms with Crippen molar-refractivity contribution in [1.29, 1.82) is 0 Å². The van der Waals surface area contributed by atoms with Gasteiger partial charge in [0, 0.05) is 17.8 Å². The van der Waals surface area contributed by atoms with Crippen molar-refractivity contribution in [3.8, 4) is 23.1 Å². The molecule has 0 spiro atoms. The number of H-pyrrole nitrogens is 1. The molecular weight excluding hydrogens is 290 g/mol. The molecule has 2 aromatic rings. The van der Waals surface area contributed by atoms with E-state index < -0.39 is 5.56 Å². The molecule has 17 heavy (non-hydrogen) atoms. The van der Waals surface area contributed by atoms with Gasteiger partial charge in [0.25, 0.3) is 5.56 Å². The Hall–Kier alpha value is -1.89. The van der Waals surface area contributed by atoms with E-state index in [0.29, 0.717) is 11.4 Å². The summed E-state index contributed by atoms with van der Waals surface area (Å²) in [5.74, 6) is 0.336. The van der Waals surface area contributed by atoms with Gasteiger partial charge in [-0.15, -0.1) is 0 Å².